The third-order valence-corrected chi connectivity index (χ3v) is 5.77. The van der Waals surface area contributed by atoms with E-state index in [4.69, 9.17) is 32.7 Å². The molecule has 0 aliphatic carbocycles. The van der Waals surface area contributed by atoms with Crippen molar-refractivity contribution >= 4 is 35.1 Å². The second kappa shape index (κ2) is 12.2. The number of esters is 2. The zero-order valence-electron chi connectivity index (χ0n) is 19.2. The molecule has 0 N–H and O–H groups in total. The minimum atomic E-state index is -0.704. The van der Waals surface area contributed by atoms with Crippen molar-refractivity contribution in [3.05, 3.63) is 142 Å². The first-order chi connectivity index (χ1) is 17.5. The fourth-order valence-electron chi connectivity index (χ4n) is 3.62. The zero-order valence-corrected chi connectivity index (χ0v) is 20.7. The molecule has 0 fully saturated rings. The molecule has 6 heteroatoms. The van der Waals surface area contributed by atoms with E-state index in [-0.39, 0.29) is 0 Å². The van der Waals surface area contributed by atoms with Crippen molar-refractivity contribution < 1.29 is 19.1 Å². The van der Waals surface area contributed by atoms with Gasteiger partial charge in [0.25, 0.3) is 0 Å². The number of hydrogen-bond donors (Lipinski definition) is 0. The molecule has 36 heavy (non-hydrogen) atoms. The first-order valence-electron chi connectivity index (χ1n) is 11.2. The van der Waals surface area contributed by atoms with Crippen molar-refractivity contribution in [2.24, 2.45) is 0 Å². The van der Waals surface area contributed by atoms with Gasteiger partial charge in [0.15, 0.2) is 0 Å². The minimum Gasteiger partial charge on any atom is -0.423 e. The van der Waals surface area contributed by atoms with Crippen molar-refractivity contribution in [2.75, 3.05) is 0 Å². The van der Waals surface area contributed by atoms with Crippen molar-refractivity contribution in [1.82, 2.24) is 0 Å². The van der Waals surface area contributed by atoms with E-state index in [1.165, 1.54) is 0 Å². The van der Waals surface area contributed by atoms with Crippen LogP contribution in [0, 0.1) is 0 Å². The SMILES string of the molecule is O=C(/C=C\C(=O)Oc1ccc(Cl)cc1Cc1ccccc1)Oc1ccc(Cl)cc1Cc1ccccc1. The van der Waals surface area contributed by atoms with Crippen molar-refractivity contribution in [2.45, 2.75) is 12.8 Å². The van der Waals surface area contributed by atoms with Gasteiger partial charge in [0.1, 0.15) is 11.5 Å². The maximum Gasteiger partial charge on any atom is 0.336 e. The highest BCUT2D eigenvalue weighted by Crippen LogP contribution is 2.27. The molecule has 0 spiro atoms. The van der Waals surface area contributed by atoms with Crippen molar-refractivity contribution in [3.63, 3.8) is 0 Å². The molecule has 4 aromatic carbocycles. The summed E-state index contributed by atoms with van der Waals surface area (Å²) in [6.07, 6.45) is 3.15. The number of rotatable bonds is 8. The molecule has 4 rings (SSSR count). The van der Waals surface area contributed by atoms with Gasteiger partial charge in [-0.3, -0.25) is 0 Å². The van der Waals surface area contributed by atoms with E-state index in [1.807, 2.05) is 60.7 Å². The summed E-state index contributed by atoms with van der Waals surface area (Å²) in [5.41, 5.74) is 3.60. The van der Waals surface area contributed by atoms with Gasteiger partial charge in [-0.1, -0.05) is 83.9 Å². The maximum atomic E-state index is 12.4. The largest absolute Gasteiger partial charge is 0.423 e. The predicted molar refractivity (Wildman–Crippen MR) is 142 cm³/mol. The highest BCUT2D eigenvalue weighted by Gasteiger charge is 2.12. The lowest BCUT2D eigenvalue weighted by atomic mass is 10.0. The van der Waals surface area contributed by atoms with Gasteiger partial charge in [0.05, 0.1) is 0 Å². The Morgan fingerprint density at radius 1 is 0.583 bits per heavy atom. The van der Waals surface area contributed by atoms with Crippen LogP contribution in [-0.2, 0) is 22.4 Å². The van der Waals surface area contributed by atoms with Gasteiger partial charge >= 0.3 is 11.9 Å². The molecule has 0 aliphatic heterocycles. The molecule has 0 atom stereocenters. The smallest absolute Gasteiger partial charge is 0.336 e. The van der Waals surface area contributed by atoms with E-state index in [2.05, 4.69) is 0 Å². The molecule has 0 saturated heterocycles. The lowest BCUT2D eigenvalue weighted by Crippen LogP contribution is -2.10. The standard InChI is InChI=1S/C30H22Cl2O4/c31-25-11-13-27(23(19-25)17-21-7-3-1-4-8-21)35-29(33)15-16-30(34)36-28-14-12-26(32)20-24(28)18-22-9-5-2-6-10-22/h1-16,19-20H,17-18H2/b16-15-. The summed E-state index contributed by atoms with van der Waals surface area (Å²) >= 11 is 12.3. The summed E-state index contributed by atoms with van der Waals surface area (Å²) < 4.78 is 11.0. The van der Waals surface area contributed by atoms with Gasteiger partial charge in [-0.25, -0.2) is 9.59 Å². The van der Waals surface area contributed by atoms with E-state index in [0.29, 0.717) is 34.4 Å². The van der Waals surface area contributed by atoms with Crippen LogP contribution in [0.1, 0.15) is 22.3 Å². The lowest BCUT2D eigenvalue weighted by molar-refractivity contribution is -0.131. The Morgan fingerprint density at radius 3 is 1.36 bits per heavy atom. The summed E-state index contributed by atoms with van der Waals surface area (Å²) in [7, 11) is 0. The molecule has 4 nitrogen and oxygen atoms in total. The fourth-order valence-corrected chi connectivity index (χ4v) is 4.01. The minimum absolute atomic E-state index is 0.370. The number of benzene rings is 4. The number of halogens is 2. The number of carbonyl (C=O) groups excluding carboxylic acids is 2. The van der Waals surface area contributed by atoms with Crippen LogP contribution in [0.4, 0.5) is 0 Å². The van der Waals surface area contributed by atoms with E-state index in [1.54, 1.807) is 36.4 Å². The van der Waals surface area contributed by atoms with Crippen LogP contribution < -0.4 is 9.47 Å². The molecule has 0 radical (unpaired) electrons. The van der Waals surface area contributed by atoms with Gasteiger partial charge in [-0.15, -0.1) is 0 Å². The van der Waals surface area contributed by atoms with Crippen LogP contribution in [0.5, 0.6) is 11.5 Å². The molecule has 0 bridgehead atoms. The summed E-state index contributed by atoms with van der Waals surface area (Å²) in [4.78, 5) is 24.9. The molecular formula is C30H22Cl2O4. The highest BCUT2D eigenvalue weighted by atomic mass is 35.5. The third kappa shape index (κ3) is 7.32. The average molecular weight is 517 g/mol. The van der Waals surface area contributed by atoms with Crippen LogP contribution in [0.25, 0.3) is 0 Å². The molecule has 0 aromatic heterocycles. The summed E-state index contributed by atoms with van der Waals surface area (Å²) in [5.74, 6) is -0.670. The molecule has 4 aromatic rings. The summed E-state index contributed by atoms with van der Waals surface area (Å²) in [6.45, 7) is 0. The van der Waals surface area contributed by atoms with E-state index < -0.39 is 11.9 Å². The van der Waals surface area contributed by atoms with E-state index in [9.17, 15) is 9.59 Å². The predicted octanol–water partition coefficient (Wildman–Crippen LogP) is 7.24. The van der Waals surface area contributed by atoms with E-state index >= 15 is 0 Å². The van der Waals surface area contributed by atoms with Crippen LogP contribution in [0.3, 0.4) is 0 Å². The lowest BCUT2D eigenvalue weighted by Gasteiger charge is -2.10. The second-order valence-corrected chi connectivity index (χ2v) is 8.88. The molecule has 0 aliphatic rings. The van der Waals surface area contributed by atoms with Gasteiger partial charge < -0.3 is 9.47 Å². The van der Waals surface area contributed by atoms with Gasteiger partial charge in [-0.05, 0) is 47.5 Å². The molecule has 0 unspecified atom stereocenters. The quantitative estimate of drug-likeness (QED) is 0.140. The second-order valence-electron chi connectivity index (χ2n) is 8.00. The Hall–Kier alpha value is -3.86. The molecule has 0 saturated carbocycles. The summed E-state index contributed by atoms with van der Waals surface area (Å²) in [5, 5.41) is 1.07. The van der Waals surface area contributed by atoms with Crippen LogP contribution >= 0.6 is 23.2 Å². The van der Waals surface area contributed by atoms with Gasteiger partial charge in [-0.2, -0.15) is 0 Å². The molecule has 0 heterocycles. The van der Waals surface area contributed by atoms with Crippen LogP contribution in [-0.4, -0.2) is 11.9 Å². The van der Waals surface area contributed by atoms with Gasteiger partial charge in [0, 0.05) is 46.2 Å². The molecular weight excluding hydrogens is 495 g/mol. The monoisotopic (exact) mass is 516 g/mol. The normalized spacial score (nSPS) is 10.8. The Kier molecular flexibility index (Phi) is 8.56. The first-order valence-corrected chi connectivity index (χ1v) is 12.0. The molecule has 180 valence electrons. The van der Waals surface area contributed by atoms with Gasteiger partial charge in [0.2, 0.25) is 0 Å². The fraction of sp³-hybridized carbons (Fsp3) is 0.0667. The number of hydrogen-bond acceptors (Lipinski definition) is 4. The van der Waals surface area contributed by atoms with Crippen molar-refractivity contribution in [1.29, 1.82) is 0 Å². The first kappa shape index (κ1) is 25.2. The Morgan fingerprint density at radius 2 is 0.972 bits per heavy atom. The third-order valence-electron chi connectivity index (χ3n) is 5.30. The summed E-state index contributed by atoms with van der Waals surface area (Å²) in [6, 6.07) is 29.6. The van der Waals surface area contributed by atoms with E-state index in [0.717, 1.165) is 34.4 Å². The van der Waals surface area contributed by atoms with Crippen LogP contribution in [0.15, 0.2) is 109 Å². The zero-order chi connectivity index (χ0) is 25.3. The highest BCUT2D eigenvalue weighted by molar-refractivity contribution is 6.31. The average Bonchev–Trinajstić information content (AvgIpc) is 2.87. The molecule has 0 amide bonds. The maximum absolute atomic E-state index is 12.4. The Labute approximate surface area is 219 Å². The topological polar surface area (TPSA) is 52.6 Å². The number of carbonyl (C=O) groups is 2. The van der Waals surface area contributed by atoms with Crippen LogP contribution in [0.2, 0.25) is 10.0 Å². The van der Waals surface area contributed by atoms with Crippen molar-refractivity contribution in [3.8, 4) is 11.5 Å². The Bertz CT molecular complexity index is 1280. The Balaban J connectivity index is 1.42. The number of ether oxygens (including phenoxy) is 2.